The zero-order valence-electron chi connectivity index (χ0n) is 13.1. The van der Waals surface area contributed by atoms with Crippen LogP contribution in [0.3, 0.4) is 0 Å². The standard InChI is InChI=1S/C17H27ClN2/c1-5-14-10-19-16(17(2,3)4)12-20(14)11-13-8-6-7-9-15(13)18/h6-9,14,16,19H,5,10-12H2,1-4H3. The molecule has 1 aliphatic heterocycles. The Morgan fingerprint density at radius 2 is 2.00 bits per heavy atom. The fourth-order valence-corrected chi connectivity index (χ4v) is 3.07. The average molecular weight is 295 g/mol. The van der Waals surface area contributed by atoms with Crippen LogP contribution in [0.4, 0.5) is 0 Å². The predicted octanol–water partition coefficient (Wildman–Crippen LogP) is 3.94. The highest BCUT2D eigenvalue weighted by molar-refractivity contribution is 6.31. The van der Waals surface area contributed by atoms with Crippen molar-refractivity contribution in [3.8, 4) is 0 Å². The van der Waals surface area contributed by atoms with Crippen LogP contribution in [-0.4, -0.2) is 30.1 Å². The quantitative estimate of drug-likeness (QED) is 0.908. The van der Waals surface area contributed by atoms with Gasteiger partial charge in [0.25, 0.3) is 0 Å². The first-order valence-corrected chi connectivity index (χ1v) is 8.00. The number of halogens is 1. The summed E-state index contributed by atoms with van der Waals surface area (Å²) in [5, 5.41) is 4.60. The SMILES string of the molecule is CCC1CNC(C(C)(C)C)CN1Cc1ccccc1Cl. The van der Waals surface area contributed by atoms with Crippen LogP contribution in [0, 0.1) is 5.41 Å². The van der Waals surface area contributed by atoms with Gasteiger partial charge in [-0.3, -0.25) is 4.90 Å². The van der Waals surface area contributed by atoms with E-state index in [1.807, 2.05) is 12.1 Å². The Kier molecular flexibility index (Phi) is 5.11. The minimum atomic E-state index is 0.289. The molecule has 0 amide bonds. The molecule has 0 aromatic heterocycles. The van der Waals surface area contributed by atoms with Crippen LogP contribution in [0.15, 0.2) is 24.3 Å². The summed E-state index contributed by atoms with van der Waals surface area (Å²) < 4.78 is 0. The van der Waals surface area contributed by atoms with Crippen LogP contribution in [-0.2, 0) is 6.54 Å². The topological polar surface area (TPSA) is 15.3 Å². The maximum Gasteiger partial charge on any atom is 0.0451 e. The summed E-state index contributed by atoms with van der Waals surface area (Å²) in [5.74, 6) is 0. The fraction of sp³-hybridized carbons (Fsp3) is 0.647. The largest absolute Gasteiger partial charge is 0.311 e. The summed E-state index contributed by atoms with van der Waals surface area (Å²) in [6.45, 7) is 12.3. The van der Waals surface area contributed by atoms with E-state index >= 15 is 0 Å². The molecule has 1 aromatic carbocycles. The van der Waals surface area contributed by atoms with Gasteiger partial charge in [-0.2, -0.15) is 0 Å². The van der Waals surface area contributed by atoms with Crippen molar-refractivity contribution in [3.63, 3.8) is 0 Å². The Morgan fingerprint density at radius 3 is 2.60 bits per heavy atom. The van der Waals surface area contributed by atoms with Crippen molar-refractivity contribution in [2.24, 2.45) is 5.41 Å². The monoisotopic (exact) mass is 294 g/mol. The van der Waals surface area contributed by atoms with Crippen LogP contribution in [0.5, 0.6) is 0 Å². The third kappa shape index (κ3) is 3.75. The lowest BCUT2D eigenvalue weighted by Gasteiger charge is -2.45. The van der Waals surface area contributed by atoms with Crippen LogP contribution in [0.25, 0.3) is 0 Å². The number of piperazine rings is 1. The number of benzene rings is 1. The molecule has 2 nitrogen and oxygen atoms in total. The summed E-state index contributed by atoms with van der Waals surface area (Å²) >= 11 is 6.32. The Bertz CT molecular complexity index is 439. The Balaban J connectivity index is 2.12. The van der Waals surface area contributed by atoms with Gasteiger partial charge < -0.3 is 5.32 Å². The predicted molar refractivity (Wildman–Crippen MR) is 87.2 cm³/mol. The van der Waals surface area contributed by atoms with Gasteiger partial charge in [0.05, 0.1) is 0 Å². The Morgan fingerprint density at radius 1 is 1.30 bits per heavy atom. The van der Waals surface area contributed by atoms with Gasteiger partial charge in [0, 0.05) is 36.7 Å². The van der Waals surface area contributed by atoms with Gasteiger partial charge in [-0.25, -0.2) is 0 Å². The van der Waals surface area contributed by atoms with Gasteiger partial charge >= 0.3 is 0 Å². The van der Waals surface area contributed by atoms with E-state index in [0.29, 0.717) is 12.1 Å². The van der Waals surface area contributed by atoms with Gasteiger partial charge in [0.1, 0.15) is 0 Å². The van der Waals surface area contributed by atoms with Crippen LogP contribution in [0.1, 0.15) is 39.7 Å². The first-order valence-electron chi connectivity index (χ1n) is 7.62. The fourth-order valence-electron chi connectivity index (χ4n) is 2.88. The number of hydrogen-bond acceptors (Lipinski definition) is 2. The van der Waals surface area contributed by atoms with Crippen molar-refractivity contribution in [2.45, 2.75) is 52.7 Å². The molecule has 1 fully saturated rings. The van der Waals surface area contributed by atoms with Crippen LogP contribution in [0.2, 0.25) is 5.02 Å². The number of rotatable bonds is 3. The second kappa shape index (κ2) is 6.46. The second-order valence-corrected chi connectivity index (χ2v) is 7.32. The van der Waals surface area contributed by atoms with Crippen molar-refractivity contribution in [2.75, 3.05) is 13.1 Å². The highest BCUT2D eigenvalue weighted by atomic mass is 35.5. The van der Waals surface area contributed by atoms with E-state index in [2.05, 4.69) is 50.0 Å². The first kappa shape index (κ1) is 15.8. The molecule has 1 N–H and O–H groups in total. The molecule has 112 valence electrons. The summed E-state index contributed by atoms with van der Waals surface area (Å²) in [6, 6.07) is 9.34. The van der Waals surface area contributed by atoms with Crippen molar-refractivity contribution < 1.29 is 0 Å². The Hall–Kier alpha value is -0.570. The van der Waals surface area contributed by atoms with Gasteiger partial charge in [-0.15, -0.1) is 0 Å². The lowest BCUT2D eigenvalue weighted by Crippen LogP contribution is -2.59. The number of hydrogen-bond donors (Lipinski definition) is 1. The van der Waals surface area contributed by atoms with Gasteiger partial charge in [0.2, 0.25) is 0 Å². The molecule has 20 heavy (non-hydrogen) atoms. The molecule has 2 rings (SSSR count). The van der Waals surface area contributed by atoms with E-state index < -0.39 is 0 Å². The molecule has 3 heteroatoms. The molecule has 0 bridgehead atoms. The zero-order valence-corrected chi connectivity index (χ0v) is 13.9. The van der Waals surface area contributed by atoms with E-state index in [4.69, 9.17) is 11.6 Å². The highest BCUT2D eigenvalue weighted by Crippen LogP contribution is 2.26. The molecular formula is C17H27ClN2. The molecule has 1 saturated heterocycles. The molecule has 1 heterocycles. The van der Waals surface area contributed by atoms with E-state index in [1.165, 1.54) is 12.0 Å². The minimum Gasteiger partial charge on any atom is -0.311 e. The van der Waals surface area contributed by atoms with E-state index in [9.17, 15) is 0 Å². The van der Waals surface area contributed by atoms with Crippen LogP contribution >= 0.6 is 11.6 Å². The van der Waals surface area contributed by atoms with Crippen molar-refractivity contribution >= 4 is 11.6 Å². The molecule has 1 aromatic rings. The summed E-state index contributed by atoms with van der Waals surface area (Å²) in [4.78, 5) is 2.59. The lowest BCUT2D eigenvalue weighted by molar-refractivity contribution is 0.0775. The van der Waals surface area contributed by atoms with Crippen molar-refractivity contribution in [3.05, 3.63) is 34.9 Å². The summed E-state index contributed by atoms with van der Waals surface area (Å²) in [5.41, 5.74) is 1.53. The maximum absolute atomic E-state index is 6.32. The smallest absolute Gasteiger partial charge is 0.0451 e. The first-order chi connectivity index (χ1) is 9.41. The third-order valence-corrected chi connectivity index (χ3v) is 4.75. The maximum atomic E-state index is 6.32. The average Bonchev–Trinajstić information content (AvgIpc) is 2.40. The molecule has 0 spiro atoms. The molecule has 2 unspecified atom stereocenters. The molecule has 0 aliphatic carbocycles. The molecule has 0 saturated carbocycles. The second-order valence-electron chi connectivity index (χ2n) is 6.91. The van der Waals surface area contributed by atoms with Crippen LogP contribution < -0.4 is 5.32 Å². The molecular weight excluding hydrogens is 268 g/mol. The summed E-state index contributed by atoms with van der Waals surface area (Å²) in [7, 11) is 0. The highest BCUT2D eigenvalue weighted by Gasteiger charge is 2.33. The van der Waals surface area contributed by atoms with Crippen molar-refractivity contribution in [1.29, 1.82) is 0 Å². The number of nitrogens with zero attached hydrogens (tertiary/aromatic N) is 1. The molecule has 0 radical (unpaired) electrons. The third-order valence-electron chi connectivity index (χ3n) is 4.38. The lowest BCUT2D eigenvalue weighted by atomic mass is 9.84. The minimum absolute atomic E-state index is 0.289. The summed E-state index contributed by atoms with van der Waals surface area (Å²) in [6.07, 6.45) is 1.17. The van der Waals surface area contributed by atoms with Gasteiger partial charge in [-0.05, 0) is 23.5 Å². The van der Waals surface area contributed by atoms with Gasteiger partial charge in [-0.1, -0.05) is 57.5 Å². The molecule has 1 aliphatic rings. The van der Waals surface area contributed by atoms with E-state index in [1.54, 1.807) is 0 Å². The zero-order chi connectivity index (χ0) is 14.8. The van der Waals surface area contributed by atoms with Crippen molar-refractivity contribution in [1.82, 2.24) is 10.2 Å². The van der Waals surface area contributed by atoms with E-state index in [-0.39, 0.29) is 5.41 Å². The molecule has 2 atom stereocenters. The Labute approximate surface area is 128 Å². The van der Waals surface area contributed by atoms with Gasteiger partial charge in [0.15, 0.2) is 0 Å². The number of nitrogens with one attached hydrogen (secondary N) is 1. The normalized spacial score (nSPS) is 24.9. The van der Waals surface area contributed by atoms with E-state index in [0.717, 1.165) is 24.7 Å².